The summed E-state index contributed by atoms with van der Waals surface area (Å²) in [6, 6.07) is 5.71. The average Bonchev–Trinajstić information content (AvgIpc) is 2.88. The van der Waals surface area contributed by atoms with Gasteiger partial charge in [-0.25, -0.2) is 4.98 Å². The van der Waals surface area contributed by atoms with E-state index in [-0.39, 0.29) is 0 Å². The summed E-state index contributed by atoms with van der Waals surface area (Å²) in [6.45, 7) is 5.93. The van der Waals surface area contributed by atoms with Crippen molar-refractivity contribution in [3.63, 3.8) is 0 Å². The summed E-state index contributed by atoms with van der Waals surface area (Å²) in [5.74, 6) is 1.37. The Morgan fingerprint density at radius 2 is 2.10 bits per heavy atom. The van der Waals surface area contributed by atoms with E-state index in [1.54, 1.807) is 21.0 Å². The van der Waals surface area contributed by atoms with Crippen LogP contribution in [0.5, 0.6) is 11.5 Å². The van der Waals surface area contributed by atoms with Crippen LogP contribution in [0.3, 0.4) is 0 Å². The SMILES string of the molecule is CCOc1c(OC)cccc1-c1nc(C(C)(C)O)cs1. The fourth-order valence-corrected chi connectivity index (χ4v) is 2.82. The number of rotatable bonds is 5. The molecule has 1 heterocycles. The zero-order valence-electron chi connectivity index (χ0n) is 12.1. The van der Waals surface area contributed by atoms with Crippen molar-refractivity contribution in [3.05, 3.63) is 29.3 Å². The van der Waals surface area contributed by atoms with Gasteiger partial charge in [0.1, 0.15) is 10.6 Å². The number of ether oxygens (including phenoxy) is 2. The highest BCUT2D eigenvalue weighted by atomic mass is 32.1. The Morgan fingerprint density at radius 1 is 1.35 bits per heavy atom. The zero-order chi connectivity index (χ0) is 14.8. The molecule has 1 aromatic carbocycles. The van der Waals surface area contributed by atoms with Gasteiger partial charge in [0.2, 0.25) is 0 Å². The monoisotopic (exact) mass is 293 g/mol. The van der Waals surface area contributed by atoms with Gasteiger partial charge in [-0.15, -0.1) is 11.3 Å². The molecule has 0 aliphatic rings. The highest BCUT2D eigenvalue weighted by Crippen LogP contribution is 2.40. The maximum absolute atomic E-state index is 10.0. The maximum Gasteiger partial charge on any atom is 0.171 e. The Balaban J connectivity index is 2.49. The van der Waals surface area contributed by atoms with E-state index in [9.17, 15) is 5.11 Å². The van der Waals surface area contributed by atoms with Crippen molar-refractivity contribution >= 4 is 11.3 Å². The number of aromatic nitrogens is 1. The molecule has 0 unspecified atom stereocenters. The van der Waals surface area contributed by atoms with Gasteiger partial charge in [-0.1, -0.05) is 6.07 Å². The molecule has 0 saturated carbocycles. The molecule has 0 bridgehead atoms. The van der Waals surface area contributed by atoms with E-state index in [4.69, 9.17) is 9.47 Å². The van der Waals surface area contributed by atoms with E-state index in [1.165, 1.54) is 11.3 Å². The number of thiazole rings is 1. The third kappa shape index (κ3) is 2.94. The van der Waals surface area contributed by atoms with Crippen molar-refractivity contribution in [1.82, 2.24) is 4.98 Å². The van der Waals surface area contributed by atoms with E-state index in [2.05, 4.69) is 4.98 Å². The van der Waals surface area contributed by atoms with Gasteiger partial charge in [-0.3, -0.25) is 0 Å². The van der Waals surface area contributed by atoms with Crippen LogP contribution >= 0.6 is 11.3 Å². The first-order chi connectivity index (χ1) is 9.47. The molecule has 0 atom stereocenters. The number of nitrogens with zero attached hydrogens (tertiary/aromatic N) is 1. The van der Waals surface area contributed by atoms with Crippen molar-refractivity contribution in [2.45, 2.75) is 26.4 Å². The zero-order valence-corrected chi connectivity index (χ0v) is 13.0. The number of aliphatic hydroxyl groups is 1. The molecule has 0 aliphatic carbocycles. The van der Waals surface area contributed by atoms with Crippen LogP contribution < -0.4 is 9.47 Å². The summed E-state index contributed by atoms with van der Waals surface area (Å²) in [5.41, 5.74) is 0.591. The first-order valence-corrected chi connectivity index (χ1v) is 7.34. The third-order valence-corrected chi connectivity index (χ3v) is 3.72. The van der Waals surface area contributed by atoms with Crippen LogP contribution in [0.4, 0.5) is 0 Å². The van der Waals surface area contributed by atoms with Gasteiger partial charge < -0.3 is 14.6 Å². The second-order valence-corrected chi connectivity index (χ2v) is 5.72. The van der Waals surface area contributed by atoms with Gasteiger partial charge in [-0.2, -0.15) is 0 Å². The second-order valence-electron chi connectivity index (χ2n) is 4.87. The van der Waals surface area contributed by atoms with E-state index in [1.807, 2.05) is 30.5 Å². The maximum atomic E-state index is 10.0. The molecule has 0 saturated heterocycles. The van der Waals surface area contributed by atoms with Crippen molar-refractivity contribution in [2.24, 2.45) is 0 Å². The van der Waals surface area contributed by atoms with Crippen LogP contribution in [0.15, 0.2) is 23.6 Å². The van der Waals surface area contributed by atoms with Gasteiger partial charge in [-0.05, 0) is 32.9 Å². The van der Waals surface area contributed by atoms with Crippen molar-refractivity contribution in [1.29, 1.82) is 0 Å². The molecule has 0 radical (unpaired) electrons. The number of hydrogen-bond donors (Lipinski definition) is 1. The molecular formula is C15H19NO3S. The van der Waals surface area contributed by atoms with Gasteiger partial charge in [0.15, 0.2) is 11.5 Å². The standard InChI is InChI=1S/C15H19NO3S/c1-5-19-13-10(7-6-8-11(13)18-4)14-16-12(9-20-14)15(2,3)17/h6-9,17H,5H2,1-4H3. The van der Waals surface area contributed by atoms with Gasteiger partial charge >= 0.3 is 0 Å². The Morgan fingerprint density at radius 3 is 2.65 bits per heavy atom. The molecule has 0 aliphatic heterocycles. The molecule has 0 spiro atoms. The predicted molar refractivity (Wildman–Crippen MR) is 80.5 cm³/mol. The molecule has 1 N–H and O–H groups in total. The summed E-state index contributed by atoms with van der Waals surface area (Å²) in [4.78, 5) is 4.50. The molecular weight excluding hydrogens is 274 g/mol. The summed E-state index contributed by atoms with van der Waals surface area (Å²) in [6.07, 6.45) is 0. The Hall–Kier alpha value is -1.59. The number of benzene rings is 1. The number of hydrogen-bond acceptors (Lipinski definition) is 5. The molecule has 1 aromatic heterocycles. The van der Waals surface area contributed by atoms with Crippen LogP contribution in [0.25, 0.3) is 10.6 Å². The van der Waals surface area contributed by atoms with Gasteiger partial charge in [0, 0.05) is 5.38 Å². The quantitative estimate of drug-likeness (QED) is 0.917. The fourth-order valence-electron chi connectivity index (χ4n) is 1.82. The van der Waals surface area contributed by atoms with E-state index >= 15 is 0 Å². The lowest BCUT2D eigenvalue weighted by Crippen LogP contribution is -2.15. The second kappa shape index (κ2) is 5.81. The van der Waals surface area contributed by atoms with Crippen LogP contribution in [-0.4, -0.2) is 23.8 Å². The summed E-state index contributed by atoms with van der Waals surface area (Å²) < 4.78 is 11.0. The molecule has 20 heavy (non-hydrogen) atoms. The first-order valence-electron chi connectivity index (χ1n) is 6.46. The van der Waals surface area contributed by atoms with Gasteiger partial charge in [0.05, 0.1) is 25.0 Å². The lowest BCUT2D eigenvalue weighted by atomic mass is 10.1. The topological polar surface area (TPSA) is 51.6 Å². The fraction of sp³-hybridized carbons (Fsp3) is 0.400. The summed E-state index contributed by atoms with van der Waals surface area (Å²) in [7, 11) is 1.62. The Labute approximate surface area is 123 Å². The lowest BCUT2D eigenvalue weighted by Gasteiger charge is -2.14. The molecule has 0 amide bonds. The van der Waals surface area contributed by atoms with Crippen LogP contribution in [0, 0.1) is 0 Å². The molecule has 2 rings (SSSR count). The lowest BCUT2D eigenvalue weighted by molar-refractivity contribution is 0.0746. The minimum absolute atomic E-state index is 0.553. The Bertz CT molecular complexity index is 587. The van der Waals surface area contributed by atoms with Crippen LogP contribution in [-0.2, 0) is 5.60 Å². The molecule has 0 fully saturated rings. The van der Waals surface area contributed by atoms with E-state index in [0.717, 1.165) is 10.6 Å². The van der Waals surface area contributed by atoms with Crippen molar-refractivity contribution < 1.29 is 14.6 Å². The van der Waals surface area contributed by atoms with Crippen LogP contribution in [0.1, 0.15) is 26.5 Å². The smallest absolute Gasteiger partial charge is 0.171 e. The summed E-state index contributed by atoms with van der Waals surface area (Å²) in [5, 5.41) is 12.7. The highest BCUT2D eigenvalue weighted by molar-refractivity contribution is 7.13. The minimum Gasteiger partial charge on any atom is -0.493 e. The largest absolute Gasteiger partial charge is 0.493 e. The van der Waals surface area contributed by atoms with E-state index < -0.39 is 5.60 Å². The van der Waals surface area contributed by atoms with Crippen LogP contribution in [0.2, 0.25) is 0 Å². The first kappa shape index (κ1) is 14.8. The minimum atomic E-state index is -0.945. The number of para-hydroxylation sites is 1. The van der Waals surface area contributed by atoms with E-state index in [0.29, 0.717) is 23.8 Å². The average molecular weight is 293 g/mol. The predicted octanol–water partition coefficient (Wildman–Crippen LogP) is 3.44. The molecule has 108 valence electrons. The molecule has 4 nitrogen and oxygen atoms in total. The Kier molecular flexibility index (Phi) is 4.30. The summed E-state index contributed by atoms with van der Waals surface area (Å²) >= 11 is 1.48. The third-order valence-electron chi connectivity index (χ3n) is 2.85. The molecule has 5 heteroatoms. The highest BCUT2D eigenvalue weighted by Gasteiger charge is 2.22. The van der Waals surface area contributed by atoms with Crippen molar-refractivity contribution in [2.75, 3.05) is 13.7 Å². The number of methoxy groups -OCH3 is 1. The van der Waals surface area contributed by atoms with Gasteiger partial charge in [0.25, 0.3) is 0 Å². The molecule has 2 aromatic rings. The van der Waals surface area contributed by atoms with Crippen molar-refractivity contribution in [3.8, 4) is 22.1 Å². The normalized spacial score (nSPS) is 11.4.